The van der Waals surface area contributed by atoms with Gasteiger partial charge in [-0.15, -0.1) is 0 Å². The fourth-order valence-corrected chi connectivity index (χ4v) is 2.42. The van der Waals surface area contributed by atoms with Gasteiger partial charge in [0.05, 0.1) is 44.0 Å². The normalized spacial score (nSPS) is 23.4. The molecular formula is C13H23N3O3. The number of ether oxygens (including phenoxy) is 2. The van der Waals surface area contributed by atoms with Crippen LogP contribution in [0.3, 0.4) is 0 Å². The highest BCUT2D eigenvalue weighted by molar-refractivity contribution is 5.00. The third-order valence-electron chi connectivity index (χ3n) is 3.60. The molecule has 2 rings (SSSR count). The second-order valence-corrected chi connectivity index (χ2v) is 4.81. The van der Waals surface area contributed by atoms with Crippen molar-refractivity contribution in [3.05, 3.63) is 18.2 Å². The molecule has 1 fully saturated rings. The smallest absolute Gasteiger partial charge is 0.0950 e. The molecule has 2 atom stereocenters. The van der Waals surface area contributed by atoms with Crippen LogP contribution in [0.4, 0.5) is 0 Å². The topological polar surface area (TPSA) is 59.8 Å². The zero-order valence-electron chi connectivity index (χ0n) is 11.7. The van der Waals surface area contributed by atoms with Crippen LogP contribution in [0.2, 0.25) is 0 Å². The predicted molar refractivity (Wildman–Crippen MR) is 70.8 cm³/mol. The van der Waals surface area contributed by atoms with Crippen LogP contribution in [0.1, 0.15) is 12.6 Å². The van der Waals surface area contributed by atoms with Gasteiger partial charge in [0.2, 0.25) is 0 Å². The molecule has 2 heterocycles. The standard InChI is InChI=1S/C13H23N3O3/c1-3-15(12-8-19-9-13(12)17)7-11-6-14-10-16(11)4-5-18-2/h6,10,12-13,17H,3-5,7-9H2,1-2H3/t12-,13-/m0/s1. The number of hydrogen-bond acceptors (Lipinski definition) is 5. The molecule has 6 nitrogen and oxygen atoms in total. The number of aliphatic hydroxyl groups excluding tert-OH is 1. The molecule has 0 bridgehead atoms. The first kappa shape index (κ1) is 14.5. The Kier molecular flexibility index (Phi) is 5.33. The van der Waals surface area contributed by atoms with Crippen LogP contribution >= 0.6 is 0 Å². The number of aliphatic hydroxyl groups is 1. The van der Waals surface area contributed by atoms with Crippen molar-refractivity contribution in [3.63, 3.8) is 0 Å². The largest absolute Gasteiger partial charge is 0.389 e. The minimum Gasteiger partial charge on any atom is -0.389 e. The van der Waals surface area contributed by atoms with Crippen LogP contribution in [-0.4, -0.2) is 65.2 Å². The van der Waals surface area contributed by atoms with Crippen molar-refractivity contribution < 1.29 is 14.6 Å². The van der Waals surface area contributed by atoms with E-state index in [1.807, 2.05) is 12.5 Å². The molecule has 6 heteroatoms. The molecule has 1 aromatic rings. The molecule has 0 aliphatic carbocycles. The quantitative estimate of drug-likeness (QED) is 0.761. The predicted octanol–water partition coefficient (Wildman–Crippen LogP) is 0.111. The number of imidazole rings is 1. The Labute approximate surface area is 113 Å². The Bertz CT molecular complexity index is 383. The van der Waals surface area contributed by atoms with Crippen LogP contribution in [0.15, 0.2) is 12.5 Å². The van der Waals surface area contributed by atoms with E-state index >= 15 is 0 Å². The maximum absolute atomic E-state index is 9.92. The molecule has 0 aromatic carbocycles. The lowest BCUT2D eigenvalue weighted by Gasteiger charge is -2.28. The average Bonchev–Trinajstić information content (AvgIpc) is 3.02. The molecule has 0 saturated carbocycles. The minimum absolute atomic E-state index is 0.0794. The third-order valence-corrected chi connectivity index (χ3v) is 3.60. The van der Waals surface area contributed by atoms with E-state index < -0.39 is 6.10 Å². The van der Waals surface area contributed by atoms with Gasteiger partial charge in [-0.1, -0.05) is 6.92 Å². The fraction of sp³-hybridized carbons (Fsp3) is 0.769. The lowest BCUT2D eigenvalue weighted by atomic mass is 10.1. The Morgan fingerprint density at radius 2 is 2.42 bits per heavy atom. The zero-order chi connectivity index (χ0) is 13.7. The first-order valence-electron chi connectivity index (χ1n) is 6.74. The SMILES string of the molecule is CCN(Cc1cncn1CCOC)[C@H]1COC[C@@H]1O. The maximum atomic E-state index is 9.92. The van der Waals surface area contributed by atoms with Crippen LogP contribution < -0.4 is 0 Å². The second-order valence-electron chi connectivity index (χ2n) is 4.81. The van der Waals surface area contributed by atoms with E-state index in [0.717, 1.165) is 25.3 Å². The number of rotatable bonds is 7. The van der Waals surface area contributed by atoms with Gasteiger partial charge in [0.15, 0.2) is 0 Å². The van der Waals surface area contributed by atoms with Gasteiger partial charge in [0.25, 0.3) is 0 Å². The average molecular weight is 269 g/mol. The maximum Gasteiger partial charge on any atom is 0.0950 e. The summed E-state index contributed by atoms with van der Waals surface area (Å²) >= 11 is 0. The monoisotopic (exact) mass is 269 g/mol. The summed E-state index contributed by atoms with van der Waals surface area (Å²) in [6.45, 7) is 6.25. The first-order chi connectivity index (χ1) is 9.26. The molecule has 1 aliphatic heterocycles. The van der Waals surface area contributed by atoms with E-state index in [9.17, 15) is 5.11 Å². The van der Waals surface area contributed by atoms with Gasteiger partial charge in [0.1, 0.15) is 0 Å². The molecule has 1 aromatic heterocycles. The van der Waals surface area contributed by atoms with E-state index in [2.05, 4.69) is 21.4 Å². The van der Waals surface area contributed by atoms with Gasteiger partial charge in [-0.25, -0.2) is 4.98 Å². The third kappa shape index (κ3) is 3.54. The van der Waals surface area contributed by atoms with Gasteiger partial charge >= 0.3 is 0 Å². The Morgan fingerprint density at radius 1 is 1.58 bits per heavy atom. The second kappa shape index (κ2) is 7.00. The summed E-state index contributed by atoms with van der Waals surface area (Å²) in [5, 5.41) is 9.92. The van der Waals surface area contributed by atoms with Crippen molar-refractivity contribution in [2.45, 2.75) is 32.2 Å². The van der Waals surface area contributed by atoms with Crippen LogP contribution in [-0.2, 0) is 22.6 Å². The summed E-state index contributed by atoms with van der Waals surface area (Å²) < 4.78 is 12.5. The number of aromatic nitrogens is 2. The molecule has 0 amide bonds. The summed E-state index contributed by atoms with van der Waals surface area (Å²) in [6, 6.07) is 0.0794. The van der Waals surface area contributed by atoms with Crippen LogP contribution in [0.25, 0.3) is 0 Å². The van der Waals surface area contributed by atoms with Crippen molar-refractivity contribution in [1.82, 2.24) is 14.5 Å². The van der Waals surface area contributed by atoms with Gasteiger partial charge in [-0.3, -0.25) is 4.90 Å². The van der Waals surface area contributed by atoms with Crippen molar-refractivity contribution in [2.75, 3.05) is 33.5 Å². The number of methoxy groups -OCH3 is 1. The molecule has 1 aliphatic rings. The summed E-state index contributed by atoms with van der Waals surface area (Å²) in [4.78, 5) is 6.43. The van der Waals surface area contributed by atoms with E-state index in [0.29, 0.717) is 19.8 Å². The fourth-order valence-electron chi connectivity index (χ4n) is 2.42. The Morgan fingerprint density at radius 3 is 3.05 bits per heavy atom. The van der Waals surface area contributed by atoms with Gasteiger partial charge in [-0.2, -0.15) is 0 Å². The highest BCUT2D eigenvalue weighted by Crippen LogP contribution is 2.16. The lowest BCUT2D eigenvalue weighted by molar-refractivity contribution is 0.0791. The number of likely N-dealkylation sites (N-methyl/N-ethyl adjacent to an activating group) is 1. The van der Waals surface area contributed by atoms with E-state index in [-0.39, 0.29) is 6.04 Å². The van der Waals surface area contributed by atoms with Gasteiger partial charge in [0, 0.05) is 26.4 Å². The highest BCUT2D eigenvalue weighted by Gasteiger charge is 2.31. The molecule has 0 spiro atoms. The molecule has 0 radical (unpaired) electrons. The molecule has 19 heavy (non-hydrogen) atoms. The van der Waals surface area contributed by atoms with E-state index in [1.165, 1.54) is 0 Å². The number of hydrogen-bond donors (Lipinski definition) is 1. The summed E-state index contributed by atoms with van der Waals surface area (Å²) in [7, 11) is 1.70. The minimum atomic E-state index is -0.393. The zero-order valence-corrected chi connectivity index (χ0v) is 11.7. The van der Waals surface area contributed by atoms with Gasteiger partial charge in [-0.05, 0) is 6.54 Å². The van der Waals surface area contributed by atoms with E-state index in [1.54, 1.807) is 7.11 Å². The molecular weight excluding hydrogens is 246 g/mol. The molecule has 108 valence electrons. The van der Waals surface area contributed by atoms with Crippen molar-refractivity contribution >= 4 is 0 Å². The summed E-state index contributed by atoms with van der Waals surface area (Å²) in [6.07, 6.45) is 3.31. The van der Waals surface area contributed by atoms with Crippen molar-refractivity contribution in [2.24, 2.45) is 0 Å². The van der Waals surface area contributed by atoms with Crippen molar-refractivity contribution in [1.29, 1.82) is 0 Å². The first-order valence-corrected chi connectivity index (χ1v) is 6.74. The highest BCUT2D eigenvalue weighted by atomic mass is 16.5. The molecule has 1 N–H and O–H groups in total. The van der Waals surface area contributed by atoms with Crippen LogP contribution in [0.5, 0.6) is 0 Å². The molecule has 0 unspecified atom stereocenters. The Hall–Kier alpha value is -0.950. The van der Waals surface area contributed by atoms with E-state index in [4.69, 9.17) is 9.47 Å². The summed E-state index contributed by atoms with van der Waals surface area (Å²) in [5.74, 6) is 0. The summed E-state index contributed by atoms with van der Waals surface area (Å²) in [5.41, 5.74) is 1.14. The Balaban J connectivity index is 1.99. The van der Waals surface area contributed by atoms with Crippen molar-refractivity contribution in [3.8, 4) is 0 Å². The lowest BCUT2D eigenvalue weighted by Crippen LogP contribution is -2.42. The molecule has 1 saturated heterocycles. The number of nitrogens with zero attached hydrogens (tertiary/aromatic N) is 3. The van der Waals surface area contributed by atoms with Crippen LogP contribution in [0, 0.1) is 0 Å². The van der Waals surface area contributed by atoms with Gasteiger partial charge < -0.3 is 19.1 Å².